The topological polar surface area (TPSA) is 60.2 Å². The van der Waals surface area contributed by atoms with E-state index in [-0.39, 0.29) is 17.3 Å². The summed E-state index contributed by atoms with van der Waals surface area (Å²) in [4.78, 5) is 12.3. The molecule has 3 rings (SSSR count). The molecule has 0 fully saturated rings. The number of nitrogens with zero attached hydrogens (tertiary/aromatic N) is 4. The van der Waals surface area contributed by atoms with Gasteiger partial charge in [-0.2, -0.15) is 8.78 Å². The van der Waals surface area contributed by atoms with Gasteiger partial charge in [-0.25, -0.2) is 9.07 Å². The predicted molar refractivity (Wildman–Crippen MR) is 81.4 cm³/mol. The van der Waals surface area contributed by atoms with Crippen molar-refractivity contribution in [3.8, 4) is 11.4 Å². The van der Waals surface area contributed by atoms with Gasteiger partial charge in [-0.05, 0) is 30.3 Å². The molecule has 0 bridgehead atoms. The minimum absolute atomic E-state index is 0.00417. The summed E-state index contributed by atoms with van der Waals surface area (Å²) >= 11 is 0. The number of hydrogen-bond donors (Lipinski definition) is 0. The monoisotopic (exact) mass is 347 g/mol. The van der Waals surface area contributed by atoms with E-state index in [0.29, 0.717) is 12.1 Å². The van der Waals surface area contributed by atoms with E-state index in [9.17, 15) is 18.0 Å². The van der Waals surface area contributed by atoms with Gasteiger partial charge in [-0.15, -0.1) is 5.10 Å². The number of anilines is 2. The Bertz CT molecular complexity index is 868. The number of hydrogen-bond acceptors (Lipinski definition) is 4. The first kappa shape index (κ1) is 16.5. The second kappa shape index (κ2) is 7.04. The van der Waals surface area contributed by atoms with Crippen LogP contribution in [0.25, 0.3) is 5.69 Å². The Morgan fingerprint density at radius 1 is 1.24 bits per heavy atom. The van der Waals surface area contributed by atoms with E-state index in [0.717, 1.165) is 4.90 Å². The van der Waals surface area contributed by atoms with Crippen LogP contribution in [0.15, 0.2) is 48.7 Å². The molecule has 0 aliphatic carbocycles. The summed E-state index contributed by atoms with van der Waals surface area (Å²) in [5.41, 5.74) is 0.469. The van der Waals surface area contributed by atoms with Gasteiger partial charge in [0.2, 0.25) is 6.41 Å². The van der Waals surface area contributed by atoms with Crippen LogP contribution >= 0.6 is 0 Å². The van der Waals surface area contributed by atoms with Crippen molar-refractivity contribution in [2.45, 2.75) is 6.61 Å². The van der Waals surface area contributed by atoms with Crippen LogP contribution in [0, 0.1) is 11.9 Å². The van der Waals surface area contributed by atoms with Crippen LogP contribution in [0.2, 0.25) is 0 Å². The Hall–Kier alpha value is -3.36. The largest absolute Gasteiger partial charge is 0.435 e. The van der Waals surface area contributed by atoms with Crippen molar-refractivity contribution in [2.75, 3.05) is 4.90 Å². The lowest BCUT2D eigenvalue weighted by Gasteiger charge is -2.13. The fourth-order valence-corrected chi connectivity index (χ4v) is 2.10. The first-order valence-electron chi connectivity index (χ1n) is 6.97. The van der Waals surface area contributed by atoms with E-state index in [1.165, 1.54) is 53.3 Å². The van der Waals surface area contributed by atoms with Crippen LogP contribution in [-0.4, -0.2) is 28.0 Å². The molecule has 0 N–H and O–H groups in total. The lowest BCUT2D eigenvalue weighted by Crippen LogP contribution is -2.16. The highest BCUT2D eigenvalue weighted by molar-refractivity contribution is 5.84. The molecule has 0 saturated carbocycles. The Kier molecular flexibility index (Phi) is 4.64. The molecule has 0 unspecified atom stereocenters. The van der Waals surface area contributed by atoms with E-state index < -0.39 is 12.4 Å². The predicted octanol–water partition coefficient (Wildman–Crippen LogP) is 3.10. The maximum Gasteiger partial charge on any atom is 0.387 e. The smallest absolute Gasteiger partial charge is 0.387 e. The molecule has 0 atom stereocenters. The van der Waals surface area contributed by atoms with Crippen LogP contribution in [0.5, 0.6) is 5.75 Å². The van der Waals surface area contributed by atoms with Gasteiger partial charge in [0, 0.05) is 6.07 Å². The van der Waals surface area contributed by atoms with E-state index in [4.69, 9.17) is 0 Å². The Labute approximate surface area is 140 Å². The van der Waals surface area contributed by atoms with Crippen LogP contribution in [0.3, 0.4) is 0 Å². The number of benzene rings is 2. The standard InChI is InChI=1S/C16H10F3N4O2/c17-13-3-1-2-4-14(13)22(10-24)15-9-23(21-20-15)11-5-7-12(8-6-11)25-16(18)19/h1-2,4-10,16H. The van der Waals surface area contributed by atoms with Gasteiger partial charge >= 0.3 is 6.61 Å². The van der Waals surface area contributed by atoms with E-state index in [2.05, 4.69) is 21.1 Å². The summed E-state index contributed by atoms with van der Waals surface area (Å²) < 4.78 is 43.7. The molecule has 1 radical (unpaired) electrons. The molecule has 0 spiro atoms. The average Bonchev–Trinajstić information content (AvgIpc) is 3.07. The maximum atomic E-state index is 13.8. The molecular formula is C16H10F3N4O2. The van der Waals surface area contributed by atoms with Gasteiger partial charge in [0.1, 0.15) is 5.75 Å². The molecule has 6 nitrogen and oxygen atoms in total. The fourth-order valence-electron chi connectivity index (χ4n) is 2.10. The highest BCUT2D eigenvalue weighted by Crippen LogP contribution is 2.25. The second-order valence-electron chi connectivity index (χ2n) is 4.74. The van der Waals surface area contributed by atoms with Gasteiger partial charge < -0.3 is 4.74 Å². The summed E-state index contributed by atoms with van der Waals surface area (Å²) in [6.45, 7) is -2.91. The highest BCUT2D eigenvalue weighted by Gasteiger charge is 2.16. The number of carbonyl (C=O) groups excluding carboxylic acids is 1. The number of ether oxygens (including phenoxy) is 1. The van der Waals surface area contributed by atoms with Crippen molar-refractivity contribution in [3.05, 3.63) is 60.5 Å². The molecule has 0 saturated heterocycles. The minimum atomic E-state index is -2.91. The summed E-state index contributed by atoms with van der Waals surface area (Å²) in [6, 6.07) is 12.3. The zero-order valence-electron chi connectivity index (χ0n) is 12.5. The zero-order valence-corrected chi connectivity index (χ0v) is 12.5. The number of halogens is 3. The summed E-state index contributed by atoms with van der Waals surface area (Å²) in [5.74, 6) is -0.630. The van der Waals surface area contributed by atoms with Gasteiger partial charge in [0.25, 0.3) is 0 Å². The van der Waals surface area contributed by atoms with Crippen LogP contribution < -0.4 is 9.64 Å². The Morgan fingerprint density at radius 2 is 2.00 bits per heavy atom. The quantitative estimate of drug-likeness (QED) is 0.643. The normalized spacial score (nSPS) is 10.7. The molecule has 127 valence electrons. The molecule has 25 heavy (non-hydrogen) atoms. The molecule has 1 amide bonds. The third kappa shape index (κ3) is 3.60. The van der Waals surface area contributed by atoms with E-state index in [1.807, 2.05) is 0 Å². The maximum absolute atomic E-state index is 13.8. The van der Waals surface area contributed by atoms with Gasteiger partial charge in [0.15, 0.2) is 11.6 Å². The Balaban J connectivity index is 1.86. The van der Waals surface area contributed by atoms with Crippen LogP contribution in [0.1, 0.15) is 0 Å². The van der Waals surface area contributed by atoms with Crippen molar-refractivity contribution >= 4 is 17.9 Å². The first-order valence-corrected chi connectivity index (χ1v) is 6.97. The lowest BCUT2D eigenvalue weighted by molar-refractivity contribution is -0.106. The molecule has 1 heterocycles. The van der Waals surface area contributed by atoms with Gasteiger partial charge in [-0.1, -0.05) is 17.3 Å². The summed E-state index contributed by atoms with van der Waals surface area (Å²) in [6.07, 6.45) is 1.80. The van der Waals surface area contributed by atoms with Crippen molar-refractivity contribution in [1.82, 2.24) is 15.0 Å². The van der Waals surface area contributed by atoms with Crippen molar-refractivity contribution < 1.29 is 22.7 Å². The first-order chi connectivity index (χ1) is 12.1. The van der Waals surface area contributed by atoms with E-state index >= 15 is 0 Å². The fraction of sp³-hybridized carbons (Fsp3) is 0.0625. The highest BCUT2D eigenvalue weighted by atomic mass is 19.3. The summed E-state index contributed by atoms with van der Waals surface area (Å²) in [5, 5.41) is 7.67. The SMILES string of the molecule is O=CN(c1cn(-c2ccc(OC(F)F)cc2)nn1)c1ccc[c]c1F. The zero-order chi connectivity index (χ0) is 17.8. The number of aromatic nitrogens is 3. The van der Waals surface area contributed by atoms with Crippen LogP contribution in [0.4, 0.5) is 24.7 Å². The number of carbonyl (C=O) groups is 1. The average molecular weight is 347 g/mol. The third-order valence-corrected chi connectivity index (χ3v) is 3.20. The second-order valence-corrected chi connectivity index (χ2v) is 4.74. The van der Waals surface area contributed by atoms with Gasteiger partial charge in [0.05, 0.1) is 17.6 Å². The molecule has 3 aromatic rings. The number of rotatable bonds is 6. The van der Waals surface area contributed by atoms with E-state index in [1.54, 1.807) is 0 Å². The van der Waals surface area contributed by atoms with Crippen LogP contribution in [-0.2, 0) is 4.79 Å². The number of alkyl halides is 2. The van der Waals surface area contributed by atoms with Crippen molar-refractivity contribution in [2.24, 2.45) is 0 Å². The molecule has 1 aromatic heterocycles. The molecule has 9 heteroatoms. The lowest BCUT2D eigenvalue weighted by atomic mass is 10.3. The molecular weight excluding hydrogens is 337 g/mol. The Morgan fingerprint density at radius 3 is 2.64 bits per heavy atom. The van der Waals surface area contributed by atoms with Gasteiger partial charge in [-0.3, -0.25) is 9.69 Å². The van der Waals surface area contributed by atoms with Crippen molar-refractivity contribution in [1.29, 1.82) is 0 Å². The molecule has 0 aliphatic heterocycles. The minimum Gasteiger partial charge on any atom is -0.435 e. The summed E-state index contributed by atoms with van der Waals surface area (Å²) in [7, 11) is 0. The third-order valence-electron chi connectivity index (χ3n) is 3.20. The molecule has 2 aromatic carbocycles. The number of amides is 1. The molecule has 0 aliphatic rings. The van der Waals surface area contributed by atoms with Crippen molar-refractivity contribution in [3.63, 3.8) is 0 Å².